The highest BCUT2D eigenvalue weighted by Gasteiger charge is 2.23. The van der Waals surface area contributed by atoms with Crippen molar-refractivity contribution in [3.8, 4) is 11.3 Å². The number of aromatic nitrogens is 2. The van der Waals surface area contributed by atoms with Crippen molar-refractivity contribution >= 4 is 36.0 Å². The van der Waals surface area contributed by atoms with E-state index in [2.05, 4.69) is 20.2 Å². The topological polar surface area (TPSA) is 85.9 Å². The number of H-pyrrole nitrogens is 1. The third-order valence-corrected chi connectivity index (χ3v) is 4.53. The van der Waals surface area contributed by atoms with E-state index >= 15 is 0 Å². The standard InChI is InChI=1S/C20H28N6O2.HI/c1-3-21-19(25-10-12-26(13-11-25)20(27)28-4-2)23-15-18-22-14-17(24-18)16-8-6-5-7-9-16;/h5-9,14H,3-4,10-13,15H2,1-2H3,(H,21,23)(H,22,24);1H. The second-order valence-electron chi connectivity index (χ2n) is 6.45. The number of guanidine groups is 1. The number of nitrogens with zero attached hydrogens (tertiary/aromatic N) is 4. The molecule has 158 valence electrons. The number of aliphatic imine (C=N–C) groups is 1. The number of benzene rings is 1. The molecule has 1 saturated heterocycles. The molecule has 0 spiro atoms. The smallest absolute Gasteiger partial charge is 0.409 e. The average Bonchev–Trinajstić information content (AvgIpc) is 3.21. The maximum absolute atomic E-state index is 11.9. The minimum absolute atomic E-state index is 0. The van der Waals surface area contributed by atoms with Crippen molar-refractivity contribution in [3.05, 3.63) is 42.4 Å². The van der Waals surface area contributed by atoms with E-state index in [0.717, 1.165) is 42.7 Å². The number of hydrogen-bond acceptors (Lipinski definition) is 4. The molecule has 1 aromatic carbocycles. The second-order valence-corrected chi connectivity index (χ2v) is 6.45. The van der Waals surface area contributed by atoms with Crippen LogP contribution in [0.25, 0.3) is 11.3 Å². The van der Waals surface area contributed by atoms with Crippen molar-refractivity contribution in [1.29, 1.82) is 0 Å². The number of piperazine rings is 1. The Labute approximate surface area is 188 Å². The normalized spacial score (nSPS) is 14.3. The van der Waals surface area contributed by atoms with Gasteiger partial charge in [-0.1, -0.05) is 30.3 Å². The maximum Gasteiger partial charge on any atom is 0.409 e. The summed E-state index contributed by atoms with van der Waals surface area (Å²) in [6.07, 6.45) is 1.60. The zero-order chi connectivity index (χ0) is 19.8. The van der Waals surface area contributed by atoms with Crippen LogP contribution in [0.15, 0.2) is 41.5 Å². The van der Waals surface area contributed by atoms with Crippen LogP contribution < -0.4 is 5.32 Å². The van der Waals surface area contributed by atoms with Gasteiger partial charge < -0.3 is 24.8 Å². The van der Waals surface area contributed by atoms with Crippen LogP contribution in [0.1, 0.15) is 19.7 Å². The van der Waals surface area contributed by atoms with Crippen LogP contribution in [0, 0.1) is 0 Å². The molecule has 2 aromatic rings. The number of nitrogens with one attached hydrogen (secondary N) is 2. The summed E-state index contributed by atoms with van der Waals surface area (Å²) < 4.78 is 5.08. The first-order valence-electron chi connectivity index (χ1n) is 9.75. The van der Waals surface area contributed by atoms with Crippen LogP contribution in [-0.2, 0) is 11.3 Å². The van der Waals surface area contributed by atoms with Gasteiger partial charge in [-0.25, -0.2) is 14.8 Å². The molecule has 1 aromatic heterocycles. The van der Waals surface area contributed by atoms with Gasteiger partial charge in [-0.15, -0.1) is 24.0 Å². The fourth-order valence-electron chi connectivity index (χ4n) is 3.10. The van der Waals surface area contributed by atoms with E-state index in [9.17, 15) is 4.79 Å². The van der Waals surface area contributed by atoms with Crippen molar-refractivity contribution in [3.63, 3.8) is 0 Å². The highest BCUT2D eigenvalue weighted by molar-refractivity contribution is 14.0. The van der Waals surface area contributed by atoms with E-state index in [-0.39, 0.29) is 30.1 Å². The Bertz CT molecular complexity index is 787. The summed E-state index contributed by atoms with van der Waals surface area (Å²) in [5, 5.41) is 3.33. The molecule has 1 aliphatic heterocycles. The van der Waals surface area contributed by atoms with E-state index in [0.29, 0.717) is 26.2 Å². The first kappa shape index (κ1) is 23.0. The Morgan fingerprint density at radius 1 is 1.17 bits per heavy atom. The number of imidazole rings is 1. The monoisotopic (exact) mass is 512 g/mol. The van der Waals surface area contributed by atoms with Crippen molar-refractivity contribution in [2.75, 3.05) is 39.3 Å². The predicted molar refractivity (Wildman–Crippen MR) is 124 cm³/mol. The SMILES string of the molecule is CCNC(=NCc1ncc(-c2ccccc2)[nH]1)N1CCN(C(=O)OCC)CC1.I. The Morgan fingerprint density at radius 2 is 1.86 bits per heavy atom. The molecule has 0 atom stereocenters. The first-order valence-corrected chi connectivity index (χ1v) is 9.75. The molecule has 2 heterocycles. The molecule has 0 saturated carbocycles. The lowest BCUT2D eigenvalue weighted by atomic mass is 10.2. The third kappa shape index (κ3) is 6.34. The van der Waals surface area contributed by atoms with E-state index in [1.165, 1.54) is 0 Å². The Morgan fingerprint density at radius 3 is 2.52 bits per heavy atom. The maximum atomic E-state index is 11.9. The van der Waals surface area contributed by atoms with Crippen LogP contribution in [0.3, 0.4) is 0 Å². The van der Waals surface area contributed by atoms with E-state index < -0.39 is 0 Å². The van der Waals surface area contributed by atoms with Crippen LogP contribution in [0.5, 0.6) is 0 Å². The minimum atomic E-state index is -0.242. The number of ether oxygens (including phenoxy) is 1. The minimum Gasteiger partial charge on any atom is -0.450 e. The Hall–Kier alpha value is -2.30. The summed E-state index contributed by atoms with van der Waals surface area (Å²) in [5.41, 5.74) is 2.09. The molecule has 1 amide bonds. The summed E-state index contributed by atoms with van der Waals surface area (Å²) in [5.74, 6) is 1.66. The number of halogens is 1. The van der Waals surface area contributed by atoms with E-state index in [4.69, 9.17) is 9.73 Å². The zero-order valence-electron chi connectivity index (χ0n) is 16.9. The summed E-state index contributed by atoms with van der Waals surface area (Å²) in [4.78, 5) is 28.3. The van der Waals surface area contributed by atoms with Crippen LogP contribution in [0.4, 0.5) is 4.79 Å². The number of amides is 1. The highest BCUT2D eigenvalue weighted by Crippen LogP contribution is 2.16. The molecule has 2 N–H and O–H groups in total. The van der Waals surface area contributed by atoms with Crippen LogP contribution >= 0.6 is 24.0 Å². The molecule has 0 aliphatic carbocycles. The molecule has 29 heavy (non-hydrogen) atoms. The number of carbonyl (C=O) groups is 1. The van der Waals surface area contributed by atoms with Gasteiger partial charge >= 0.3 is 6.09 Å². The lowest BCUT2D eigenvalue weighted by molar-refractivity contribution is 0.0914. The zero-order valence-corrected chi connectivity index (χ0v) is 19.3. The molecule has 0 unspecified atom stereocenters. The lowest BCUT2D eigenvalue weighted by Crippen LogP contribution is -2.53. The molecule has 0 bridgehead atoms. The Balaban J connectivity index is 0.00000300. The molecular formula is C20H29IN6O2. The molecule has 9 heteroatoms. The van der Waals surface area contributed by atoms with Gasteiger partial charge in [0.2, 0.25) is 0 Å². The lowest BCUT2D eigenvalue weighted by Gasteiger charge is -2.35. The second kappa shape index (κ2) is 11.6. The average molecular weight is 512 g/mol. The highest BCUT2D eigenvalue weighted by atomic mass is 127. The molecule has 1 fully saturated rings. The van der Waals surface area contributed by atoms with Crippen molar-refractivity contribution in [1.82, 2.24) is 25.1 Å². The summed E-state index contributed by atoms with van der Waals surface area (Å²) in [7, 11) is 0. The van der Waals surface area contributed by atoms with Gasteiger partial charge in [0.1, 0.15) is 12.4 Å². The van der Waals surface area contributed by atoms with Gasteiger partial charge in [-0.05, 0) is 19.4 Å². The van der Waals surface area contributed by atoms with Gasteiger partial charge in [0.15, 0.2) is 5.96 Å². The number of aromatic amines is 1. The molecule has 3 rings (SSSR count). The van der Waals surface area contributed by atoms with Crippen molar-refractivity contribution in [2.45, 2.75) is 20.4 Å². The van der Waals surface area contributed by atoms with E-state index in [1.807, 2.05) is 50.4 Å². The molecule has 1 aliphatic rings. The number of hydrogen-bond donors (Lipinski definition) is 2. The fraction of sp³-hybridized carbons (Fsp3) is 0.450. The van der Waals surface area contributed by atoms with Gasteiger partial charge in [-0.2, -0.15) is 0 Å². The molecular weight excluding hydrogens is 483 g/mol. The van der Waals surface area contributed by atoms with Crippen molar-refractivity contribution in [2.24, 2.45) is 4.99 Å². The molecule has 0 radical (unpaired) electrons. The third-order valence-electron chi connectivity index (χ3n) is 4.53. The first-order chi connectivity index (χ1) is 13.7. The quantitative estimate of drug-likeness (QED) is 0.366. The van der Waals surface area contributed by atoms with Crippen LogP contribution in [-0.4, -0.2) is 71.2 Å². The van der Waals surface area contributed by atoms with Crippen molar-refractivity contribution < 1.29 is 9.53 Å². The summed E-state index contributed by atoms with van der Waals surface area (Å²) in [6, 6.07) is 10.1. The number of rotatable bonds is 5. The van der Waals surface area contributed by atoms with Gasteiger partial charge in [0, 0.05) is 32.7 Å². The Kier molecular flexibility index (Phi) is 9.23. The van der Waals surface area contributed by atoms with Gasteiger partial charge in [0.25, 0.3) is 0 Å². The summed E-state index contributed by atoms with van der Waals surface area (Å²) >= 11 is 0. The largest absolute Gasteiger partial charge is 0.450 e. The predicted octanol–water partition coefficient (Wildman–Crippen LogP) is 2.93. The molecule has 8 nitrogen and oxygen atoms in total. The number of carbonyl (C=O) groups excluding carboxylic acids is 1. The van der Waals surface area contributed by atoms with Crippen LogP contribution in [0.2, 0.25) is 0 Å². The van der Waals surface area contributed by atoms with Gasteiger partial charge in [-0.3, -0.25) is 0 Å². The van der Waals surface area contributed by atoms with E-state index in [1.54, 1.807) is 4.90 Å². The van der Waals surface area contributed by atoms with Gasteiger partial charge in [0.05, 0.1) is 18.5 Å². The summed E-state index contributed by atoms with van der Waals surface area (Å²) in [6.45, 7) is 8.21. The fourth-order valence-corrected chi connectivity index (χ4v) is 3.10.